The van der Waals surface area contributed by atoms with Gasteiger partial charge in [-0.15, -0.1) is 0 Å². The highest BCUT2D eigenvalue weighted by molar-refractivity contribution is 7.83. The van der Waals surface area contributed by atoms with Gasteiger partial charge in [0.1, 0.15) is 0 Å². The average molecular weight is 429 g/mol. The smallest absolute Gasteiger partial charge is 0.465 e. The predicted octanol–water partition coefficient (Wildman–Crippen LogP) is 4.24. The lowest BCUT2D eigenvalue weighted by Crippen LogP contribution is -2.34. The molecule has 26 heavy (non-hydrogen) atoms. The second kappa shape index (κ2) is 15.4. The summed E-state index contributed by atoms with van der Waals surface area (Å²) in [6, 6.07) is 10.7. The van der Waals surface area contributed by atoms with E-state index in [1.54, 1.807) is 0 Å². The predicted molar refractivity (Wildman–Crippen MR) is 117 cm³/mol. The van der Waals surface area contributed by atoms with Crippen LogP contribution in [0.4, 0.5) is 5.69 Å². The quantitative estimate of drug-likeness (QED) is 0.493. The van der Waals surface area contributed by atoms with Crippen LogP contribution in [0.5, 0.6) is 0 Å². The van der Waals surface area contributed by atoms with Crippen LogP contribution < -0.4 is 3.88 Å². The zero-order chi connectivity index (χ0) is 20.0. The van der Waals surface area contributed by atoms with Crippen molar-refractivity contribution in [1.82, 2.24) is 0 Å². The van der Waals surface area contributed by atoms with Gasteiger partial charge in [0.25, 0.3) is 0 Å². The van der Waals surface area contributed by atoms with E-state index in [4.69, 9.17) is 6.47 Å². The van der Waals surface area contributed by atoms with Gasteiger partial charge in [0.2, 0.25) is 0 Å². The molecule has 5 nitrogen and oxygen atoms in total. The van der Waals surface area contributed by atoms with E-state index in [9.17, 15) is 8.42 Å². The van der Waals surface area contributed by atoms with Crippen molar-refractivity contribution in [3.8, 4) is 0 Å². The fourth-order valence-electron chi connectivity index (χ4n) is 2.51. The first-order valence-corrected chi connectivity index (χ1v) is 16.9. The van der Waals surface area contributed by atoms with Crippen molar-refractivity contribution in [2.45, 2.75) is 61.0 Å². The van der Waals surface area contributed by atoms with Gasteiger partial charge >= 0.3 is 54.8 Å². The molecule has 1 aromatic carbocycles. The number of hydrogen-bond donors (Lipinski definition) is 0. The SMILES string of the molecule is C[CH2][AlH][O]S(=O)(=O)[O][Al]([CH2]C)[CH2]C.C[CH2][Al]([CH2]C)[N](C)c1ccccc1. The molecule has 0 saturated heterocycles. The van der Waals surface area contributed by atoms with Crippen molar-refractivity contribution in [3.63, 3.8) is 0 Å². The molecule has 1 aromatic rings. The Morgan fingerprint density at radius 2 is 1.50 bits per heavy atom. The van der Waals surface area contributed by atoms with Crippen LogP contribution >= 0.6 is 0 Å². The monoisotopic (exact) mass is 429 g/mol. The van der Waals surface area contributed by atoms with Gasteiger partial charge < -0.3 is 10.4 Å². The molecule has 0 aliphatic rings. The highest BCUT2D eigenvalue weighted by Crippen LogP contribution is 2.15. The van der Waals surface area contributed by atoms with Gasteiger partial charge in [-0.05, 0) is 19.2 Å². The summed E-state index contributed by atoms with van der Waals surface area (Å²) in [4.78, 5) is 0. The second-order valence-corrected chi connectivity index (χ2v) is 16.7. The lowest BCUT2D eigenvalue weighted by molar-refractivity contribution is 0.402. The lowest BCUT2D eigenvalue weighted by atomic mass is 10.3. The Balaban J connectivity index is 0.000000481. The first kappa shape index (κ1) is 26.5. The van der Waals surface area contributed by atoms with Gasteiger partial charge in [0, 0.05) is 5.69 Å². The fraction of sp³-hybridized carbons (Fsp3) is 0.647. The molecular weight excluding hydrogens is 395 g/mol. The van der Waals surface area contributed by atoms with E-state index in [2.05, 4.69) is 55.1 Å². The largest absolute Gasteiger partial charge is 0.487 e. The Bertz CT molecular complexity index is 552. The molecule has 146 valence electrons. The van der Waals surface area contributed by atoms with Crippen LogP contribution in [0.1, 0.15) is 34.6 Å². The van der Waals surface area contributed by atoms with Crippen molar-refractivity contribution < 1.29 is 14.9 Å². The molecule has 1 rings (SSSR count). The molecule has 0 saturated carbocycles. The summed E-state index contributed by atoms with van der Waals surface area (Å²) in [5.41, 5.74) is 1.38. The van der Waals surface area contributed by atoms with Gasteiger partial charge in [-0.1, -0.05) is 79.2 Å². The van der Waals surface area contributed by atoms with Gasteiger partial charge in [-0.25, -0.2) is 0 Å². The topological polar surface area (TPSA) is 55.8 Å². The highest BCUT2D eigenvalue weighted by Gasteiger charge is 2.23. The molecule has 9 heteroatoms. The fourth-order valence-corrected chi connectivity index (χ4v) is 9.99. The third-order valence-corrected chi connectivity index (χ3v) is 13.6. The van der Waals surface area contributed by atoms with Crippen LogP contribution in [0, 0.1) is 0 Å². The number of hydrogen-bond acceptors (Lipinski definition) is 5. The van der Waals surface area contributed by atoms with Crippen LogP contribution in [0.25, 0.3) is 0 Å². The summed E-state index contributed by atoms with van der Waals surface area (Å²) in [6.07, 6.45) is 0. The first-order valence-electron chi connectivity index (χ1n) is 9.70. The third kappa shape index (κ3) is 11.4. The van der Waals surface area contributed by atoms with E-state index in [0.717, 1.165) is 15.8 Å². The molecule has 0 spiro atoms. The van der Waals surface area contributed by atoms with Crippen molar-refractivity contribution in [2.75, 3.05) is 10.9 Å². The number of rotatable bonds is 11. The second-order valence-electron chi connectivity index (χ2n) is 6.18. The molecule has 0 N–H and O–H groups in total. The molecule has 0 aliphatic heterocycles. The summed E-state index contributed by atoms with van der Waals surface area (Å²) in [7, 11) is -1.41. The molecule has 0 aromatic heterocycles. The first-order chi connectivity index (χ1) is 12.3. The Morgan fingerprint density at radius 1 is 0.962 bits per heavy atom. The highest BCUT2D eigenvalue weighted by atomic mass is 32.3. The molecule has 0 bridgehead atoms. The molecule has 0 atom stereocenters. The molecule has 0 fully saturated rings. The lowest BCUT2D eigenvalue weighted by Gasteiger charge is -2.25. The van der Waals surface area contributed by atoms with Crippen molar-refractivity contribution in [2.24, 2.45) is 0 Å². The standard InChI is InChI=1S/C7H8N.5C2H5.3Al.H2O4S.H/c1-8-7-5-3-2-4-6-7;5*1-2;;;;1-5(2,3)4;/h2-6H,1H3;5*1H2,2H3;;;;(H2,1,2,3,4);/q-1;;;;;;3*+1;;/p-2. The number of benzene rings is 1. The van der Waals surface area contributed by atoms with Gasteiger partial charge in [0.15, 0.2) is 0 Å². The Morgan fingerprint density at radius 3 is 1.92 bits per heavy atom. The van der Waals surface area contributed by atoms with Gasteiger partial charge in [-0.3, -0.25) is 0 Å². The summed E-state index contributed by atoms with van der Waals surface area (Å²) in [6.45, 7) is 10.4. The molecular formula is C17H34Al3NO4S. The third-order valence-electron chi connectivity index (χ3n) is 4.25. The normalized spacial score (nSPS) is 10.5. The number of nitrogens with zero attached hydrogens (tertiary/aromatic N) is 1. The molecule has 0 unspecified atom stereocenters. The maximum absolute atomic E-state index is 11.1. The van der Waals surface area contributed by atoms with Crippen molar-refractivity contribution in [3.05, 3.63) is 30.3 Å². The van der Waals surface area contributed by atoms with E-state index in [0.29, 0.717) is 0 Å². The van der Waals surface area contributed by atoms with E-state index in [-0.39, 0.29) is 0 Å². The van der Waals surface area contributed by atoms with Crippen molar-refractivity contribution >= 4 is 60.5 Å². The Hall–Kier alpha value is 0.487. The number of anilines is 1. The Kier molecular flexibility index (Phi) is 15.7. The maximum atomic E-state index is 11.1. The van der Waals surface area contributed by atoms with E-state index < -0.39 is 54.8 Å². The van der Waals surface area contributed by atoms with Gasteiger partial charge in [0.05, 0.1) is 0 Å². The minimum atomic E-state index is -3.64. The Labute approximate surface area is 176 Å². The molecule has 0 amide bonds. The molecule has 0 aliphatic carbocycles. The van der Waals surface area contributed by atoms with Crippen LogP contribution in [-0.4, -0.2) is 59.9 Å². The van der Waals surface area contributed by atoms with Crippen LogP contribution in [0.15, 0.2) is 30.3 Å². The van der Waals surface area contributed by atoms with E-state index in [1.807, 2.05) is 20.8 Å². The molecule has 0 heterocycles. The summed E-state index contributed by atoms with van der Waals surface area (Å²) < 4.78 is 34.5. The maximum Gasteiger partial charge on any atom is 0.487 e. The average Bonchev–Trinajstić information content (AvgIpc) is 2.66. The minimum absolute atomic E-state index is 0.680. The van der Waals surface area contributed by atoms with Crippen LogP contribution in [-0.2, 0) is 16.9 Å². The van der Waals surface area contributed by atoms with E-state index in [1.165, 1.54) is 16.3 Å². The summed E-state index contributed by atoms with van der Waals surface area (Å²) >= 11 is -3.16. The number of para-hydroxylation sites is 1. The zero-order valence-corrected chi connectivity index (χ0v) is 21.8. The van der Waals surface area contributed by atoms with Crippen LogP contribution in [0.3, 0.4) is 0 Å². The minimum Gasteiger partial charge on any atom is -0.465 e. The molecule has 0 radical (unpaired) electrons. The zero-order valence-electron chi connectivity index (χ0n) is 17.3. The van der Waals surface area contributed by atoms with Crippen molar-refractivity contribution in [1.29, 1.82) is 0 Å². The summed E-state index contributed by atoms with van der Waals surface area (Å²) in [5, 5.41) is 5.16. The van der Waals surface area contributed by atoms with Gasteiger partial charge in [-0.2, -0.15) is 8.42 Å². The summed E-state index contributed by atoms with van der Waals surface area (Å²) in [5.74, 6) is 0. The van der Waals surface area contributed by atoms with E-state index >= 15 is 0 Å². The van der Waals surface area contributed by atoms with Crippen LogP contribution in [0.2, 0.25) is 26.4 Å².